The number of anilines is 2. The van der Waals surface area contributed by atoms with Crippen molar-refractivity contribution in [3.05, 3.63) is 59.2 Å². The number of halogens is 2. The fourth-order valence-electron chi connectivity index (χ4n) is 1.73. The van der Waals surface area contributed by atoms with Crippen LogP contribution in [-0.4, -0.2) is 17.0 Å². The molecule has 0 aliphatic carbocycles. The summed E-state index contributed by atoms with van der Waals surface area (Å²) < 4.78 is 26.1. The van der Waals surface area contributed by atoms with Gasteiger partial charge in [0, 0.05) is 17.3 Å². The molecule has 2 rings (SSSR count). The number of hydrogen-bond donors (Lipinski definition) is 3. The number of carbonyl (C=O) groups excluding carboxylic acids is 1. The minimum atomic E-state index is -1.27. The number of benzene rings is 2. The summed E-state index contributed by atoms with van der Waals surface area (Å²) in [5.74, 6) is -3.94. The number of carboxylic acid groups (broad SMARTS) is 1. The Morgan fingerprint density at radius 1 is 1.05 bits per heavy atom. The zero-order valence-electron chi connectivity index (χ0n) is 10.6. The maximum absolute atomic E-state index is 13.1. The third-order valence-electron chi connectivity index (χ3n) is 2.65. The normalized spacial score (nSPS) is 10.2. The van der Waals surface area contributed by atoms with Crippen molar-refractivity contribution in [3.8, 4) is 0 Å². The van der Waals surface area contributed by atoms with Crippen LogP contribution in [0.4, 0.5) is 20.2 Å². The number of nitrogens with two attached hydrogens (primary N) is 1. The van der Waals surface area contributed by atoms with E-state index in [1.54, 1.807) is 0 Å². The number of nitrogens with one attached hydrogen (secondary N) is 1. The average molecular weight is 292 g/mol. The van der Waals surface area contributed by atoms with E-state index < -0.39 is 23.5 Å². The van der Waals surface area contributed by atoms with Crippen LogP contribution < -0.4 is 11.1 Å². The van der Waals surface area contributed by atoms with E-state index in [0.717, 1.165) is 12.1 Å². The van der Waals surface area contributed by atoms with Crippen LogP contribution in [0.2, 0.25) is 0 Å². The van der Waals surface area contributed by atoms with Gasteiger partial charge in [0.05, 0.1) is 11.3 Å². The quantitative estimate of drug-likeness (QED) is 0.758. The van der Waals surface area contributed by atoms with Crippen LogP contribution in [-0.2, 0) is 0 Å². The van der Waals surface area contributed by atoms with Crippen molar-refractivity contribution in [2.45, 2.75) is 0 Å². The molecule has 0 saturated heterocycles. The van der Waals surface area contributed by atoms with Crippen molar-refractivity contribution in [1.29, 1.82) is 0 Å². The van der Waals surface area contributed by atoms with Crippen LogP contribution in [0.3, 0.4) is 0 Å². The van der Waals surface area contributed by atoms with Gasteiger partial charge in [-0.3, -0.25) is 4.79 Å². The first-order chi connectivity index (χ1) is 9.86. The van der Waals surface area contributed by atoms with Gasteiger partial charge in [0.15, 0.2) is 0 Å². The van der Waals surface area contributed by atoms with Gasteiger partial charge in [0.2, 0.25) is 0 Å². The fourth-order valence-corrected chi connectivity index (χ4v) is 1.73. The van der Waals surface area contributed by atoms with E-state index in [1.807, 2.05) is 0 Å². The van der Waals surface area contributed by atoms with Gasteiger partial charge in [-0.1, -0.05) is 0 Å². The molecule has 0 saturated carbocycles. The van der Waals surface area contributed by atoms with E-state index in [1.165, 1.54) is 18.2 Å². The molecule has 2 aromatic rings. The molecule has 0 unspecified atom stereocenters. The lowest BCUT2D eigenvalue weighted by atomic mass is 10.1. The predicted molar refractivity (Wildman–Crippen MR) is 72.1 cm³/mol. The average Bonchev–Trinajstić information content (AvgIpc) is 2.37. The third-order valence-corrected chi connectivity index (χ3v) is 2.65. The topological polar surface area (TPSA) is 92.4 Å². The van der Waals surface area contributed by atoms with Crippen molar-refractivity contribution in [3.63, 3.8) is 0 Å². The molecule has 0 aliphatic heterocycles. The first kappa shape index (κ1) is 14.4. The Bertz CT molecular complexity index is 712. The minimum Gasteiger partial charge on any atom is -0.478 e. The van der Waals surface area contributed by atoms with Crippen molar-refractivity contribution in [2.75, 3.05) is 11.1 Å². The second-order valence-electron chi connectivity index (χ2n) is 4.22. The Kier molecular flexibility index (Phi) is 3.84. The molecule has 0 atom stereocenters. The number of hydrogen-bond acceptors (Lipinski definition) is 3. The molecule has 0 spiro atoms. The molecule has 0 aliphatic rings. The number of aromatic carboxylic acids is 1. The number of amides is 1. The van der Waals surface area contributed by atoms with Gasteiger partial charge in [-0.05, 0) is 30.3 Å². The molecule has 0 radical (unpaired) electrons. The number of nitrogen functional groups attached to an aromatic ring is 1. The molecule has 1 amide bonds. The van der Waals surface area contributed by atoms with E-state index in [0.29, 0.717) is 6.07 Å². The lowest BCUT2D eigenvalue weighted by Gasteiger charge is -2.09. The monoisotopic (exact) mass is 292 g/mol. The zero-order valence-corrected chi connectivity index (χ0v) is 10.6. The highest BCUT2D eigenvalue weighted by atomic mass is 19.1. The SMILES string of the molecule is Nc1ccc(C(=O)O)c(NC(=O)c2cc(F)cc(F)c2)c1. The van der Waals surface area contributed by atoms with E-state index in [4.69, 9.17) is 10.8 Å². The molecule has 0 aromatic heterocycles. The molecule has 0 bridgehead atoms. The first-order valence-corrected chi connectivity index (χ1v) is 5.77. The maximum Gasteiger partial charge on any atom is 0.337 e. The standard InChI is InChI=1S/C14H10F2N2O3/c15-8-3-7(4-9(16)5-8)13(19)18-12-6-10(17)1-2-11(12)14(20)21/h1-6H,17H2,(H,18,19)(H,20,21). The summed E-state index contributed by atoms with van der Waals surface area (Å²) in [7, 11) is 0. The number of rotatable bonds is 3. The van der Waals surface area contributed by atoms with Crippen molar-refractivity contribution in [2.24, 2.45) is 0 Å². The van der Waals surface area contributed by atoms with Gasteiger partial charge in [-0.2, -0.15) is 0 Å². The first-order valence-electron chi connectivity index (χ1n) is 5.77. The third kappa shape index (κ3) is 3.33. The Balaban J connectivity index is 2.35. The van der Waals surface area contributed by atoms with Gasteiger partial charge < -0.3 is 16.2 Å². The molecule has 4 N–H and O–H groups in total. The highest BCUT2D eigenvalue weighted by molar-refractivity contribution is 6.08. The summed E-state index contributed by atoms with van der Waals surface area (Å²) in [6, 6.07) is 6.13. The van der Waals surface area contributed by atoms with Crippen molar-refractivity contribution >= 4 is 23.3 Å². The summed E-state index contributed by atoms with van der Waals surface area (Å²) in [5.41, 5.74) is 5.25. The Morgan fingerprint density at radius 3 is 2.24 bits per heavy atom. The number of carbonyl (C=O) groups is 2. The van der Waals surface area contributed by atoms with Gasteiger partial charge >= 0.3 is 5.97 Å². The van der Waals surface area contributed by atoms with E-state index in [9.17, 15) is 18.4 Å². The molecule has 0 heterocycles. The van der Waals surface area contributed by atoms with Gasteiger partial charge in [-0.15, -0.1) is 0 Å². The summed E-state index contributed by atoms with van der Waals surface area (Å²) >= 11 is 0. The Hall–Kier alpha value is -2.96. The highest BCUT2D eigenvalue weighted by Gasteiger charge is 2.15. The maximum atomic E-state index is 13.1. The molecule has 0 fully saturated rings. The summed E-state index contributed by atoms with van der Waals surface area (Å²) in [6.45, 7) is 0. The summed E-state index contributed by atoms with van der Waals surface area (Å²) in [4.78, 5) is 23.0. The number of carboxylic acids is 1. The molecule has 2 aromatic carbocycles. The van der Waals surface area contributed by atoms with Crippen LogP contribution >= 0.6 is 0 Å². The van der Waals surface area contributed by atoms with Crippen LogP contribution in [0.5, 0.6) is 0 Å². The van der Waals surface area contributed by atoms with Gasteiger partial charge in [-0.25, -0.2) is 13.6 Å². The fraction of sp³-hybridized carbons (Fsp3) is 0. The molecule has 21 heavy (non-hydrogen) atoms. The van der Waals surface area contributed by atoms with Gasteiger partial charge in [0.25, 0.3) is 5.91 Å². The Morgan fingerprint density at radius 2 is 1.67 bits per heavy atom. The smallest absolute Gasteiger partial charge is 0.337 e. The molecule has 7 heteroatoms. The lowest BCUT2D eigenvalue weighted by molar-refractivity contribution is 0.0698. The van der Waals surface area contributed by atoms with Crippen molar-refractivity contribution in [1.82, 2.24) is 0 Å². The molecule has 5 nitrogen and oxygen atoms in total. The van der Waals surface area contributed by atoms with Crippen LogP contribution in [0, 0.1) is 11.6 Å². The lowest BCUT2D eigenvalue weighted by Crippen LogP contribution is -2.15. The van der Waals surface area contributed by atoms with Crippen LogP contribution in [0.15, 0.2) is 36.4 Å². The van der Waals surface area contributed by atoms with E-state index in [-0.39, 0.29) is 22.5 Å². The Labute approximate surface area is 118 Å². The second-order valence-corrected chi connectivity index (χ2v) is 4.22. The zero-order chi connectivity index (χ0) is 15.6. The minimum absolute atomic E-state index is 0.0582. The molecular weight excluding hydrogens is 282 g/mol. The highest BCUT2D eigenvalue weighted by Crippen LogP contribution is 2.20. The van der Waals surface area contributed by atoms with E-state index >= 15 is 0 Å². The summed E-state index contributed by atoms with van der Waals surface area (Å²) in [6.07, 6.45) is 0. The van der Waals surface area contributed by atoms with Crippen LogP contribution in [0.1, 0.15) is 20.7 Å². The van der Waals surface area contributed by atoms with Crippen LogP contribution in [0.25, 0.3) is 0 Å². The van der Waals surface area contributed by atoms with Gasteiger partial charge in [0.1, 0.15) is 11.6 Å². The molecule has 108 valence electrons. The second kappa shape index (κ2) is 5.58. The van der Waals surface area contributed by atoms with Crippen molar-refractivity contribution < 1.29 is 23.5 Å². The largest absolute Gasteiger partial charge is 0.478 e. The summed E-state index contributed by atoms with van der Waals surface area (Å²) in [5, 5.41) is 11.3. The van der Waals surface area contributed by atoms with E-state index in [2.05, 4.69) is 5.32 Å². The molecular formula is C14H10F2N2O3. The predicted octanol–water partition coefficient (Wildman–Crippen LogP) is 2.50.